The van der Waals surface area contributed by atoms with E-state index in [1.54, 1.807) is 0 Å². The SMILES string of the molecule is CCCCCCCCCCCCCCC=C[N+](C)(C)C=CCCCCCCCCCCCCCC.[Cl-]. The summed E-state index contributed by atoms with van der Waals surface area (Å²) < 4.78 is 0.885. The molecule has 0 fully saturated rings. The summed E-state index contributed by atoms with van der Waals surface area (Å²) in [6, 6.07) is 0. The predicted octanol–water partition coefficient (Wildman–Crippen LogP) is 9.28. The van der Waals surface area contributed by atoms with Gasteiger partial charge in [-0.15, -0.1) is 0 Å². The Morgan fingerprint density at radius 2 is 0.583 bits per heavy atom. The van der Waals surface area contributed by atoms with Crippen molar-refractivity contribution in [1.29, 1.82) is 0 Å². The Bertz CT molecular complexity index is 414. The van der Waals surface area contributed by atoms with Crippen LogP contribution >= 0.6 is 0 Å². The fraction of sp³-hybridized carbons (Fsp3) is 0.882. The molecule has 2 heteroatoms. The Kier molecular flexibility index (Phi) is 32.6. The van der Waals surface area contributed by atoms with E-state index in [0.717, 1.165) is 4.48 Å². The second-order valence-electron chi connectivity index (χ2n) is 11.8. The van der Waals surface area contributed by atoms with Gasteiger partial charge in [0.25, 0.3) is 0 Å². The van der Waals surface area contributed by atoms with Crippen molar-refractivity contribution in [2.75, 3.05) is 14.1 Å². The zero-order valence-corrected chi connectivity index (χ0v) is 26.3. The number of unbranched alkanes of at least 4 members (excludes halogenated alkanes) is 24. The van der Waals surface area contributed by atoms with Crippen molar-refractivity contribution < 1.29 is 16.9 Å². The van der Waals surface area contributed by atoms with E-state index in [9.17, 15) is 0 Å². The number of allylic oxidation sites excluding steroid dienone is 2. The summed E-state index contributed by atoms with van der Waals surface area (Å²) in [4.78, 5) is 0. The lowest BCUT2D eigenvalue weighted by Gasteiger charge is -2.19. The van der Waals surface area contributed by atoms with Crippen LogP contribution < -0.4 is 12.4 Å². The maximum atomic E-state index is 2.41. The lowest BCUT2D eigenvalue weighted by molar-refractivity contribution is -0.784. The third kappa shape index (κ3) is 31.8. The minimum Gasteiger partial charge on any atom is -1.00 e. The van der Waals surface area contributed by atoms with Crippen LogP contribution in [0.1, 0.15) is 181 Å². The molecule has 0 aliphatic heterocycles. The van der Waals surface area contributed by atoms with Gasteiger partial charge < -0.3 is 12.4 Å². The third-order valence-electron chi connectivity index (χ3n) is 7.43. The molecule has 0 radical (unpaired) electrons. The van der Waals surface area contributed by atoms with E-state index < -0.39 is 0 Å². The Morgan fingerprint density at radius 1 is 0.361 bits per heavy atom. The highest BCUT2D eigenvalue weighted by atomic mass is 35.5. The summed E-state index contributed by atoms with van der Waals surface area (Å²) in [5.74, 6) is 0. The number of hydrogen-bond acceptors (Lipinski definition) is 0. The second kappa shape index (κ2) is 31.0. The maximum Gasteiger partial charge on any atom is 0.0959 e. The summed E-state index contributed by atoms with van der Waals surface area (Å²) in [5.41, 5.74) is 0. The summed E-state index contributed by atoms with van der Waals surface area (Å²) in [6.07, 6.45) is 46.4. The molecule has 1 nitrogen and oxygen atoms in total. The van der Waals surface area contributed by atoms with Gasteiger partial charge in [0, 0.05) is 0 Å². The summed E-state index contributed by atoms with van der Waals surface area (Å²) in [5, 5.41) is 0. The molecule has 0 saturated heterocycles. The lowest BCUT2D eigenvalue weighted by atomic mass is 10.0. The van der Waals surface area contributed by atoms with Gasteiger partial charge in [0.05, 0.1) is 26.5 Å². The number of quaternary nitrogens is 1. The van der Waals surface area contributed by atoms with E-state index >= 15 is 0 Å². The Labute approximate surface area is 236 Å². The fourth-order valence-corrected chi connectivity index (χ4v) is 4.95. The Hall–Kier alpha value is -0.270. The van der Waals surface area contributed by atoms with E-state index in [4.69, 9.17) is 0 Å². The highest BCUT2D eigenvalue weighted by Gasteiger charge is 2.04. The standard InChI is InChI=1S/C34H68N.ClH/c1-5-7-9-11-13-15-17-19-21-23-25-27-29-31-33-35(3,4)34-32-30-28-26-24-22-20-18-16-14-12-10-8-6-2;/h31-34H,5-30H2,1-4H3;1H/q+1;/p-1. The van der Waals surface area contributed by atoms with Crippen LogP contribution in [0.3, 0.4) is 0 Å². The second-order valence-corrected chi connectivity index (χ2v) is 11.8. The average Bonchev–Trinajstić information content (AvgIpc) is 2.84. The number of halogens is 1. The topological polar surface area (TPSA) is 0 Å². The van der Waals surface area contributed by atoms with E-state index in [-0.39, 0.29) is 12.4 Å². The molecule has 0 bridgehead atoms. The molecular formula is C34H68ClN. The lowest BCUT2D eigenvalue weighted by Crippen LogP contribution is -3.00. The zero-order chi connectivity index (χ0) is 25.7. The smallest absolute Gasteiger partial charge is 0.0959 e. The summed E-state index contributed by atoms with van der Waals surface area (Å²) >= 11 is 0. The molecule has 0 spiro atoms. The monoisotopic (exact) mass is 526 g/mol. The molecule has 36 heavy (non-hydrogen) atoms. The molecule has 216 valence electrons. The van der Waals surface area contributed by atoms with Gasteiger partial charge in [0.1, 0.15) is 0 Å². The van der Waals surface area contributed by atoms with Gasteiger partial charge in [-0.25, -0.2) is 0 Å². The number of hydrogen-bond donors (Lipinski definition) is 0. The average molecular weight is 526 g/mol. The molecule has 0 unspecified atom stereocenters. The van der Waals surface area contributed by atoms with Crippen LogP contribution in [0.15, 0.2) is 24.6 Å². The van der Waals surface area contributed by atoms with Crippen molar-refractivity contribution in [3.63, 3.8) is 0 Å². The van der Waals surface area contributed by atoms with Crippen LogP contribution in [-0.2, 0) is 0 Å². The summed E-state index contributed by atoms with van der Waals surface area (Å²) in [6.45, 7) is 4.60. The van der Waals surface area contributed by atoms with Crippen LogP contribution in [-0.4, -0.2) is 18.6 Å². The minimum atomic E-state index is 0. The number of nitrogens with zero attached hydrogens (tertiary/aromatic N) is 1. The predicted molar refractivity (Wildman–Crippen MR) is 162 cm³/mol. The van der Waals surface area contributed by atoms with Crippen molar-refractivity contribution >= 4 is 0 Å². The molecule has 0 amide bonds. The molecule has 0 heterocycles. The van der Waals surface area contributed by atoms with E-state index in [2.05, 4.69) is 52.5 Å². The van der Waals surface area contributed by atoms with Crippen LogP contribution in [0, 0.1) is 0 Å². The molecule has 0 aromatic heterocycles. The molecule has 0 aliphatic rings. The van der Waals surface area contributed by atoms with Gasteiger partial charge in [-0.05, 0) is 37.8 Å². The molecule has 0 atom stereocenters. The van der Waals surface area contributed by atoms with Gasteiger partial charge in [-0.3, -0.25) is 4.48 Å². The molecule has 0 saturated carbocycles. The van der Waals surface area contributed by atoms with Gasteiger partial charge >= 0.3 is 0 Å². The van der Waals surface area contributed by atoms with E-state index in [1.807, 2.05) is 0 Å². The first-order valence-corrected chi connectivity index (χ1v) is 16.3. The first-order valence-electron chi connectivity index (χ1n) is 16.3. The summed E-state index contributed by atoms with van der Waals surface area (Å²) in [7, 11) is 4.58. The van der Waals surface area contributed by atoms with E-state index in [1.165, 1.54) is 167 Å². The van der Waals surface area contributed by atoms with Gasteiger partial charge in [0.15, 0.2) is 0 Å². The largest absolute Gasteiger partial charge is 1.00 e. The highest BCUT2D eigenvalue weighted by Crippen LogP contribution is 2.14. The van der Waals surface area contributed by atoms with Gasteiger partial charge in [-0.2, -0.15) is 0 Å². The maximum absolute atomic E-state index is 2.41. The van der Waals surface area contributed by atoms with Crippen molar-refractivity contribution in [2.45, 2.75) is 181 Å². The normalized spacial score (nSPS) is 12.1. The molecule has 0 rings (SSSR count). The fourth-order valence-electron chi connectivity index (χ4n) is 4.95. The Balaban J connectivity index is 0. The molecule has 0 aromatic rings. The van der Waals surface area contributed by atoms with Crippen LogP contribution in [0.5, 0.6) is 0 Å². The molecule has 0 aliphatic carbocycles. The Morgan fingerprint density at radius 3 is 0.833 bits per heavy atom. The van der Waals surface area contributed by atoms with Crippen LogP contribution in [0.4, 0.5) is 0 Å². The van der Waals surface area contributed by atoms with Gasteiger partial charge in [0.2, 0.25) is 0 Å². The third-order valence-corrected chi connectivity index (χ3v) is 7.43. The van der Waals surface area contributed by atoms with Crippen molar-refractivity contribution in [3.8, 4) is 0 Å². The number of rotatable bonds is 28. The van der Waals surface area contributed by atoms with Crippen LogP contribution in [0.25, 0.3) is 0 Å². The van der Waals surface area contributed by atoms with Crippen molar-refractivity contribution in [3.05, 3.63) is 24.6 Å². The molecular weight excluding hydrogens is 458 g/mol. The van der Waals surface area contributed by atoms with Crippen molar-refractivity contribution in [2.24, 2.45) is 0 Å². The van der Waals surface area contributed by atoms with Crippen LogP contribution in [0.2, 0.25) is 0 Å². The molecule has 0 N–H and O–H groups in total. The highest BCUT2D eigenvalue weighted by molar-refractivity contribution is 4.80. The van der Waals surface area contributed by atoms with Gasteiger partial charge in [-0.1, -0.05) is 155 Å². The first kappa shape index (κ1) is 37.9. The van der Waals surface area contributed by atoms with E-state index in [0.29, 0.717) is 0 Å². The van der Waals surface area contributed by atoms with Crippen molar-refractivity contribution in [1.82, 2.24) is 0 Å². The zero-order valence-electron chi connectivity index (χ0n) is 25.5. The first-order chi connectivity index (χ1) is 17.1. The minimum absolute atomic E-state index is 0. The molecule has 0 aromatic carbocycles. The quantitative estimate of drug-likeness (QED) is 0.0704.